The van der Waals surface area contributed by atoms with Crippen LogP contribution in [0.3, 0.4) is 0 Å². The molecule has 0 aliphatic carbocycles. The zero-order valence-corrected chi connectivity index (χ0v) is 13.9. The van der Waals surface area contributed by atoms with Gasteiger partial charge in [0.1, 0.15) is 0 Å². The molecule has 1 amide bonds. The quantitative estimate of drug-likeness (QED) is 0.907. The Balaban J connectivity index is 1.47. The Labute approximate surface area is 138 Å². The highest BCUT2D eigenvalue weighted by Gasteiger charge is 2.28. The van der Waals surface area contributed by atoms with Crippen molar-refractivity contribution in [2.24, 2.45) is 5.92 Å². The largest absolute Gasteiger partial charge is 0.352 e. The van der Waals surface area contributed by atoms with Crippen molar-refractivity contribution in [2.45, 2.75) is 38.6 Å². The third kappa shape index (κ3) is 4.19. The molecule has 0 bridgehead atoms. The number of carbonyl (C=O) groups is 1. The van der Waals surface area contributed by atoms with E-state index in [1.807, 2.05) is 6.07 Å². The average Bonchev–Trinajstić information content (AvgIpc) is 2.63. The van der Waals surface area contributed by atoms with E-state index in [9.17, 15) is 4.79 Å². The second kappa shape index (κ2) is 7.73. The number of anilines is 1. The fourth-order valence-electron chi connectivity index (χ4n) is 3.58. The molecule has 23 heavy (non-hydrogen) atoms. The molecule has 3 rings (SSSR count). The SMILES string of the molecule is CCN1CCC[C@@H](NC(=O)C2CCN(c3ncccn3)CC2)C1. The molecule has 0 unspecified atom stereocenters. The number of piperidine rings is 2. The summed E-state index contributed by atoms with van der Waals surface area (Å²) in [4.78, 5) is 25.7. The van der Waals surface area contributed by atoms with Crippen molar-refractivity contribution < 1.29 is 4.79 Å². The van der Waals surface area contributed by atoms with E-state index in [-0.39, 0.29) is 11.8 Å². The summed E-state index contributed by atoms with van der Waals surface area (Å²) in [5.74, 6) is 1.14. The minimum atomic E-state index is 0.131. The normalized spacial score (nSPS) is 23.7. The molecule has 2 fully saturated rings. The second-order valence-electron chi connectivity index (χ2n) is 6.55. The van der Waals surface area contributed by atoms with Gasteiger partial charge in [0.25, 0.3) is 0 Å². The molecule has 0 spiro atoms. The number of likely N-dealkylation sites (tertiary alicyclic amines) is 1. The van der Waals surface area contributed by atoms with E-state index in [1.54, 1.807) is 12.4 Å². The van der Waals surface area contributed by atoms with E-state index in [2.05, 4.69) is 32.0 Å². The van der Waals surface area contributed by atoms with Gasteiger partial charge in [0.15, 0.2) is 0 Å². The highest BCUT2D eigenvalue weighted by molar-refractivity contribution is 5.79. The van der Waals surface area contributed by atoms with Crippen molar-refractivity contribution in [1.29, 1.82) is 0 Å². The number of likely N-dealkylation sites (N-methyl/N-ethyl adjacent to an activating group) is 1. The van der Waals surface area contributed by atoms with Crippen molar-refractivity contribution in [2.75, 3.05) is 37.6 Å². The molecule has 0 radical (unpaired) electrons. The minimum absolute atomic E-state index is 0.131. The third-order valence-electron chi connectivity index (χ3n) is 5.00. The van der Waals surface area contributed by atoms with Gasteiger partial charge in [-0.25, -0.2) is 9.97 Å². The minimum Gasteiger partial charge on any atom is -0.352 e. The highest BCUT2D eigenvalue weighted by atomic mass is 16.2. The highest BCUT2D eigenvalue weighted by Crippen LogP contribution is 2.21. The molecule has 126 valence electrons. The number of nitrogens with one attached hydrogen (secondary N) is 1. The van der Waals surface area contributed by atoms with Crippen molar-refractivity contribution in [3.8, 4) is 0 Å². The summed E-state index contributed by atoms with van der Waals surface area (Å²) in [6.07, 6.45) is 7.59. The van der Waals surface area contributed by atoms with Crippen LogP contribution < -0.4 is 10.2 Å². The van der Waals surface area contributed by atoms with Crippen LogP contribution in [-0.4, -0.2) is 59.5 Å². The average molecular weight is 317 g/mol. The number of hydrogen-bond acceptors (Lipinski definition) is 5. The van der Waals surface area contributed by atoms with Crippen LogP contribution in [0.4, 0.5) is 5.95 Å². The van der Waals surface area contributed by atoms with Crippen molar-refractivity contribution in [1.82, 2.24) is 20.2 Å². The zero-order valence-electron chi connectivity index (χ0n) is 13.9. The summed E-state index contributed by atoms with van der Waals surface area (Å²) in [6.45, 7) is 7.13. The molecule has 1 N–H and O–H groups in total. The third-order valence-corrected chi connectivity index (χ3v) is 5.00. The van der Waals surface area contributed by atoms with Gasteiger partial charge in [-0.2, -0.15) is 0 Å². The van der Waals surface area contributed by atoms with Gasteiger partial charge in [-0.05, 0) is 44.8 Å². The summed E-state index contributed by atoms with van der Waals surface area (Å²) in [5.41, 5.74) is 0. The summed E-state index contributed by atoms with van der Waals surface area (Å²) in [7, 11) is 0. The number of amides is 1. The lowest BCUT2D eigenvalue weighted by Gasteiger charge is -2.35. The van der Waals surface area contributed by atoms with E-state index in [0.29, 0.717) is 6.04 Å². The summed E-state index contributed by atoms with van der Waals surface area (Å²) in [6, 6.07) is 2.15. The number of rotatable bonds is 4. The van der Waals surface area contributed by atoms with Crippen LogP contribution in [0, 0.1) is 5.92 Å². The first-order valence-corrected chi connectivity index (χ1v) is 8.81. The van der Waals surface area contributed by atoms with Crippen molar-refractivity contribution in [3.05, 3.63) is 18.5 Å². The molecule has 3 heterocycles. The predicted octanol–water partition coefficient (Wildman–Crippen LogP) is 1.29. The van der Waals surface area contributed by atoms with Gasteiger partial charge in [0.05, 0.1) is 0 Å². The number of hydrogen-bond donors (Lipinski definition) is 1. The Hall–Kier alpha value is -1.69. The number of nitrogens with zero attached hydrogens (tertiary/aromatic N) is 4. The zero-order chi connectivity index (χ0) is 16.1. The van der Waals surface area contributed by atoms with Crippen LogP contribution in [0.5, 0.6) is 0 Å². The Bertz CT molecular complexity index is 501. The first kappa shape index (κ1) is 16.2. The van der Waals surface area contributed by atoms with E-state index < -0.39 is 0 Å². The van der Waals surface area contributed by atoms with Gasteiger partial charge in [0, 0.05) is 44.0 Å². The monoisotopic (exact) mass is 317 g/mol. The van der Waals surface area contributed by atoms with Crippen LogP contribution in [0.15, 0.2) is 18.5 Å². The molecule has 2 saturated heterocycles. The molecule has 1 atom stereocenters. The topological polar surface area (TPSA) is 61.4 Å². The van der Waals surface area contributed by atoms with Gasteiger partial charge in [-0.15, -0.1) is 0 Å². The molecule has 6 heteroatoms. The Morgan fingerprint density at radius 1 is 1.22 bits per heavy atom. The fourth-order valence-corrected chi connectivity index (χ4v) is 3.58. The summed E-state index contributed by atoms with van der Waals surface area (Å²) >= 11 is 0. The molecule has 1 aromatic heterocycles. The number of carbonyl (C=O) groups excluding carboxylic acids is 1. The fraction of sp³-hybridized carbons (Fsp3) is 0.706. The van der Waals surface area contributed by atoms with Gasteiger partial charge in [0.2, 0.25) is 11.9 Å². The maximum atomic E-state index is 12.5. The van der Waals surface area contributed by atoms with Crippen molar-refractivity contribution in [3.63, 3.8) is 0 Å². The van der Waals surface area contributed by atoms with Crippen molar-refractivity contribution >= 4 is 11.9 Å². The van der Waals surface area contributed by atoms with Gasteiger partial charge in [-0.3, -0.25) is 4.79 Å². The molecule has 1 aromatic rings. The molecular formula is C17H27N5O. The van der Waals surface area contributed by atoms with Gasteiger partial charge in [-0.1, -0.05) is 6.92 Å². The lowest BCUT2D eigenvalue weighted by atomic mass is 9.95. The maximum absolute atomic E-state index is 12.5. The molecule has 2 aliphatic heterocycles. The van der Waals surface area contributed by atoms with Crippen LogP contribution in [-0.2, 0) is 4.79 Å². The van der Waals surface area contributed by atoms with E-state index in [4.69, 9.17) is 0 Å². The molecule has 2 aliphatic rings. The van der Waals surface area contributed by atoms with Crippen LogP contribution in [0.1, 0.15) is 32.6 Å². The predicted molar refractivity (Wildman–Crippen MR) is 90.2 cm³/mol. The summed E-state index contributed by atoms with van der Waals surface area (Å²) in [5, 5.41) is 3.28. The Morgan fingerprint density at radius 3 is 2.65 bits per heavy atom. The standard InChI is InChI=1S/C17H27N5O/c1-2-21-10-3-5-15(13-21)20-16(23)14-6-11-22(12-7-14)17-18-8-4-9-19-17/h4,8-9,14-15H,2-3,5-7,10-13H2,1H3,(H,20,23)/t15-/m1/s1. The second-order valence-corrected chi connectivity index (χ2v) is 6.55. The van der Waals surface area contributed by atoms with Crippen LogP contribution in [0.2, 0.25) is 0 Å². The lowest BCUT2D eigenvalue weighted by molar-refractivity contribution is -0.126. The lowest BCUT2D eigenvalue weighted by Crippen LogP contribution is -2.50. The number of aromatic nitrogens is 2. The Kier molecular flexibility index (Phi) is 5.43. The molecular weight excluding hydrogens is 290 g/mol. The van der Waals surface area contributed by atoms with Crippen LogP contribution >= 0.6 is 0 Å². The molecule has 0 aromatic carbocycles. The van der Waals surface area contributed by atoms with Gasteiger partial charge < -0.3 is 15.1 Å². The van der Waals surface area contributed by atoms with Gasteiger partial charge >= 0.3 is 0 Å². The first-order chi connectivity index (χ1) is 11.3. The summed E-state index contributed by atoms with van der Waals surface area (Å²) < 4.78 is 0. The maximum Gasteiger partial charge on any atom is 0.225 e. The molecule has 6 nitrogen and oxygen atoms in total. The van der Waals surface area contributed by atoms with E-state index in [0.717, 1.165) is 51.4 Å². The Morgan fingerprint density at radius 2 is 1.96 bits per heavy atom. The van der Waals surface area contributed by atoms with E-state index in [1.165, 1.54) is 13.0 Å². The smallest absolute Gasteiger partial charge is 0.225 e. The van der Waals surface area contributed by atoms with E-state index >= 15 is 0 Å². The molecule has 0 saturated carbocycles. The first-order valence-electron chi connectivity index (χ1n) is 8.81. The van der Waals surface area contributed by atoms with Crippen LogP contribution in [0.25, 0.3) is 0 Å².